The van der Waals surface area contributed by atoms with Crippen LogP contribution in [0.4, 0.5) is 4.39 Å². The van der Waals surface area contributed by atoms with Gasteiger partial charge in [-0.1, -0.05) is 30.3 Å². The van der Waals surface area contributed by atoms with Crippen molar-refractivity contribution in [1.82, 2.24) is 10.2 Å². The van der Waals surface area contributed by atoms with E-state index in [4.69, 9.17) is 4.74 Å². The lowest BCUT2D eigenvalue weighted by molar-refractivity contribution is -0.126. The number of carbonyl (C=O) groups is 1. The molecule has 1 aliphatic rings. The molecule has 0 fully saturated rings. The van der Waals surface area contributed by atoms with Crippen LogP contribution in [0.15, 0.2) is 48.5 Å². The number of carbonyl (C=O) groups excluding carboxylic acids is 1. The SMILES string of the molecule is CC(C(=O)NC1CCOc2ccccc21)N(C)Cc1cccc(F)c1. The highest BCUT2D eigenvalue weighted by Gasteiger charge is 2.26. The summed E-state index contributed by atoms with van der Waals surface area (Å²) in [5.74, 6) is 0.530. The van der Waals surface area contributed by atoms with Gasteiger partial charge >= 0.3 is 0 Å². The van der Waals surface area contributed by atoms with Gasteiger partial charge in [0, 0.05) is 18.5 Å². The van der Waals surface area contributed by atoms with Crippen LogP contribution >= 0.6 is 0 Å². The molecule has 0 bridgehead atoms. The van der Waals surface area contributed by atoms with Gasteiger partial charge in [-0.25, -0.2) is 4.39 Å². The molecule has 0 aliphatic carbocycles. The van der Waals surface area contributed by atoms with Crippen LogP contribution in [0.2, 0.25) is 0 Å². The summed E-state index contributed by atoms with van der Waals surface area (Å²) < 4.78 is 19.0. The highest BCUT2D eigenvalue weighted by Crippen LogP contribution is 2.31. The summed E-state index contributed by atoms with van der Waals surface area (Å²) in [6.45, 7) is 2.96. The largest absolute Gasteiger partial charge is 0.493 e. The molecule has 0 spiro atoms. The van der Waals surface area contributed by atoms with Crippen LogP contribution in [-0.2, 0) is 11.3 Å². The van der Waals surface area contributed by atoms with Gasteiger partial charge < -0.3 is 10.1 Å². The summed E-state index contributed by atoms with van der Waals surface area (Å²) in [7, 11) is 1.87. The van der Waals surface area contributed by atoms with Crippen LogP contribution in [0.1, 0.15) is 30.5 Å². The average molecular weight is 342 g/mol. The van der Waals surface area contributed by atoms with Crippen molar-refractivity contribution in [2.45, 2.75) is 32.0 Å². The van der Waals surface area contributed by atoms with E-state index in [1.807, 2.05) is 49.2 Å². The average Bonchev–Trinajstić information content (AvgIpc) is 2.61. The van der Waals surface area contributed by atoms with Gasteiger partial charge in [-0.15, -0.1) is 0 Å². The van der Waals surface area contributed by atoms with Crippen LogP contribution in [0.5, 0.6) is 5.75 Å². The fourth-order valence-corrected chi connectivity index (χ4v) is 3.04. The molecule has 1 amide bonds. The molecule has 2 unspecified atom stereocenters. The van der Waals surface area contributed by atoms with Gasteiger partial charge in [0.2, 0.25) is 5.91 Å². The molecule has 2 atom stereocenters. The third-order valence-electron chi connectivity index (χ3n) is 4.64. The number of likely N-dealkylation sites (N-methyl/N-ethyl adjacent to an activating group) is 1. The van der Waals surface area contributed by atoms with Gasteiger partial charge in [-0.05, 0) is 37.7 Å². The van der Waals surface area contributed by atoms with Gasteiger partial charge in [-0.2, -0.15) is 0 Å². The third-order valence-corrected chi connectivity index (χ3v) is 4.64. The lowest BCUT2D eigenvalue weighted by atomic mass is 10.00. The summed E-state index contributed by atoms with van der Waals surface area (Å²) in [4.78, 5) is 14.6. The molecule has 0 aromatic heterocycles. The van der Waals surface area contributed by atoms with E-state index in [1.54, 1.807) is 6.07 Å². The van der Waals surface area contributed by atoms with Crippen LogP contribution in [-0.4, -0.2) is 30.5 Å². The minimum atomic E-state index is -0.321. The first-order chi connectivity index (χ1) is 12.0. The molecule has 1 N–H and O–H groups in total. The Morgan fingerprint density at radius 2 is 2.12 bits per heavy atom. The Morgan fingerprint density at radius 1 is 1.32 bits per heavy atom. The van der Waals surface area contributed by atoms with Gasteiger partial charge in [0.15, 0.2) is 0 Å². The molecule has 1 heterocycles. The molecule has 1 aliphatic heterocycles. The number of para-hydroxylation sites is 1. The number of halogens is 1. The summed E-state index contributed by atoms with van der Waals surface area (Å²) in [6.07, 6.45) is 0.753. The number of amides is 1. The predicted octanol–water partition coefficient (Wildman–Crippen LogP) is 3.29. The second-order valence-electron chi connectivity index (χ2n) is 6.46. The Labute approximate surface area is 147 Å². The fraction of sp³-hybridized carbons (Fsp3) is 0.350. The zero-order chi connectivity index (χ0) is 17.8. The van der Waals surface area contributed by atoms with Crippen molar-refractivity contribution >= 4 is 5.91 Å². The highest BCUT2D eigenvalue weighted by atomic mass is 19.1. The van der Waals surface area contributed by atoms with Crippen molar-refractivity contribution in [2.24, 2.45) is 0 Å². The Balaban J connectivity index is 1.63. The first kappa shape index (κ1) is 17.4. The Bertz CT molecular complexity index is 750. The van der Waals surface area contributed by atoms with Gasteiger partial charge in [-0.3, -0.25) is 9.69 Å². The van der Waals surface area contributed by atoms with Crippen molar-refractivity contribution in [3.63, 3.8) is 0 Å². The molecule has 0 saturated heterocycles. The Morgan fingerprint density at radius 3 is 2.92 bits per heavy atom. The van der Waals surface area contributed by atoms with E-state index in [0.717, 1.165) is 23.3 Å². The Kier molecular flexibility index (Phi) is 5.34. The molecule has 2 aromatic rings. The molecule has 0 saturated carbocycles. The topological polar surface area (TPSA) is 41.6 Å². The van der Waals surface area contributed by atoms with Gasteiger partial charge in [0.05, 0.1) is 18.7 Å². The number of fused-ring (bicyclic) bond motifs is 1. The number of ether oxygens (including phenoxy) is 1. The maximum Gasteiger partial charge on any atom is 0.237 e. The number of nitrogens with zero attached hydrogens (tertiary/aromatic N) is 1. The van der Waals surface area contributed by atoms with Crippen LogP contribution < -0.4 is 10.1 Å². The van der Waals surface area contributed by atoms with Crippen molar-refractivity contribution in [1.29, 1.82) is 0 Å². The zero-order valence-electron chi connectivity index (χ0n) is 14.5. The van der Waals surface area contributed by atoms with Crippen molar-refractivity contribution < 1.29 is 13.9 Å². The number of rotatable bonds is 5. The summed E-state index contributed by atoms with van der Waals surface area (Å²) >= 11 is 0. The molecule has 5 heteroatoms. The fourth-order valence-electron chi connectivity index (χ4n) is 3.04. The molecule has 25 heavy (non-hydrogen) atoms. The number of nitrogens with one attached hydrogen (secondary N) is 1. The highest BCUT2D eigenvalue weighted by molar-refractivity contribution is 5.81. The predicted molar refractivity (Wildman–Crippen MR) is 94.8 cm³/mol. The quantitative estimate of drug-likeness (QED) is 0.907. The van der Waals surface area contributed by atoms with Gasteiger partial charge in [0.1, 0.15) is 11.6 Å². The van der Waals surface area contributed by atoms with Crippen LogP contribution in [0.25, 0.3) is 0 Å². The molecular formula is C20H23FN2O2. The lowest BCUT2D eigenvalue weighted by Crippen LogP contribution is -2.45. The van der Waals surface area contributed by atoms with E-state index in [1.165, 1.54) is 12.1 Å². The molecule has 132 valence electrons. The number of hydrogen-bond donors (Lipinski definition) is 1. The van der Waals surface area contributed by atoms with Crippen molar-refractivity contribution in [3.05, 3.63) is 65.5 Å². The van der Waals surface area contributed by atoms with Crippen molar-refractivity contribution in [3.8, 4) is 5.75 Å². The Hall–Kier alpha value is -2.40. The van der Waals surface area contributed by atoms with E-state index in [-0.39, 0.29) is 23.8 Å². The normalized spacial score (nSPS) is 17.5. The summed E-state index contributed by atoms with van der Waals surface area (Å²) in [5.41, 5.74) is 1.86. The number of hydrogen-bond acceptors (Lipinski definition) is 3. The monoisotopic (exact) mass is 342 g/mol. The standard InChI is InChI=1S/C20H23FN2O2/c1-14(23(2)13-15-6-5-7-16(21)12-15)20(24)22-18-10-11-25-19-9-4-3-8-17(18)19/h3-9,12,14,18H,10-11,13H2,1-2H3,(H,22,24). The zero-order valence-corrected chi connectivity index (χ0v) is 14.5. The minimum Gasteiger partial charge on any atom is -0.493 e. The maximum atomic E-state index is 13.3. The van der Waals surface area contributed by atoms with E-state index in [2.05, 4.69) is 5.32 Å². The minimum absolute atomic E-state index is 0.0394. The second kappa shape index (κ2) is 7.66. The van der Waals surface area contributed by atoms with E-state index >= 15 is 0 Å². The van der Waals surface area contributed by atoms with E-state index in [9.17, 15) is 9.18 Å². The second-order valence-corrected chi connectivity index (χ2v) is 6.46. The van der Waals surface area contributed by atoms with E-state index in [0.29, 0.717) is 13.2 Å². The van der Waals surface area contributed by atoms with Crippen molar-refractivity contribution in [2.75, 3.05) is 13.7 Å². The number of benzene rings is 2. The summed E-state index contributed by atoms with van der Waals surface area (Å²) in [5, 5.41) is 3.12. The molecule has 4 nitrogen and oxygen atoms in total. The molecular weight excluding hydrogens is 319 g/mol. The molecule has 0 radical (unpaired) electrons. The van der Waals surface area contributed by atoms with Gasteiger partial charge in [0.25, 0.3) is 0 Å². The van der Waals surface area contributed by atoms with Crippen LogP contribution in [0, 0.1) is 5.82 Å². The lowest BCUT2D eigenvalue weighted by Gasteiger charge is -2.30. The van der Waals surface area contributed by atoms with E-state index < -0.39 is 0 Å². The first-order valence-electron chi connectivity index (χ1n) is 8.51. The summed E-state index contributed by atoms with van der Waals surface area (Å²) in [6, 6.07) is 13.9. The third kappa shape index (κ3) is 4.17. The molecule has 2 aromatic carbocycles. The molecule has 3 rings (SSSR count). The van der Waals surface area contributed by atoms with Crippen LogP contribution in [0.3, 0.4) is 0 Å². The maximum absolute atomic E-state index is 13.3. The first-order valence-corrected chi connectivity index (χ1v) is 8.51. The smallest absolute Gasteiger partial charge is 0.237 e.